The zero-order valence-electron chi connectivity index (χ0n) is 13.5. The van der Waals surface area contributed by atoms with Gasteiger partial charge in [0, 0.05) is 11.6 Å². The van der Waals surface area contributed by atoms with Crippen molar-refractivity contribution in [3.05, 3.63) is 65.0 Å². The minimum absolute atomic E-state index is 0.106. The van der Waals surface area contributed by atoms with E-state index in [2.05, 4.69) is 10.1 Å². The quantitative estimate of drug-likeness (QED) is 0.627. The van der Waals surface area contributed by atoms with Crippen LogP contribution in [0, 0.1) is 0 Å². The number of hydrogen-bond donors (Lipinski definition) is 1. The first kappa shape index (κ1) is 14.5. The van der Waals surface area contributed by atoms with E-state index >= 15 is 0 Å². The Morgan fingerprint density at radius 3 is 2.58 bits per heavy atom. The molecule has 4 aromatic rings. The summed E-state index contributed by atoms with van der Waals surface area (Å²) in [6.07, 6.45) is 0.141. The number of nitrogens with zero attached hydrogens (tertiary/aromatic N) is 2. The van der Waals surface area contributed by atoms with Crippen molar-refractivity contribution in [3.63, 3.8) is 0 Å². The lowest BCUT2D eigenvalue weighted by Gasteiger charge is -2.09. The fourth-order valence-electron chi connectivity index (χ4n) is 2.81. The monoisotopic (exact) mass is 319 g/mol. The molecule has 0 saturated heterocycles. The molecule has 5 heteroatoms. The van der Waals surface area contributed by atoms with Gasteiger partial charge in [-0.3, -0.25) is 4.79 Å². The average Bonchev–Trinajstić information content (AvgIpc) is 2.99. The first-order chi connectivity index (χ1) is 11.6. The number of fused-ring (bicyclic) bond motifs is 3. The van der Waals surface area contributed by atoms with Crippen molar-refractivity contribution in [2.75, 3.05) is 0 Å². The van der Waals surface area contributed by atoms with Crippen LogP contribution in [0.4, 0.5) is 0 Å². The molecule has 0 atom stereocenters. The van der Waals surface area contributed by atoms with E-state index in [-0.39, 0.29) is 11.7 Å². The predicted molar refractivity (Wildman–Crippen MR) is 94.5 cm³/mol. The third-order valence-electron chi connectivity index (χ3n) is 3.85. The standard InChI is InChI=1S/C19H17N3O2/c1-12(2)24-14-9-7-13(8-10-14)16-11-18-20-19(23)15-5-3-4-6-17(15)22(18)21-16/h3-12H,1-2H3,(H,20,23). The second-order valence-electron chi connectivity index (χ2n) is 5.99. The molecule has 0 spiro atoms. The van der Waals surface area contributed by atoms with Crippen LogP contribution in [0.2, 0.25) is 0 Å². The summed E-state index contributed by atoms with van der Waals surface area (Å²) in [5, 5.41) is 5.27. The molecule has 1 N–H and O–H groups in total. The highest BCUT2D eigenvalue weighted by Gasteiger charge is 2.10. The molecule has 120 valence electrons. The van der Waals surface area contributed by atoms with Gasteiger partial charge in [-0.25, -0.2) is 4.52 Å². The number of aromatic nitrogens is 3. The molecule has 0 saturated carbocycles. The molecule has 0 aliphatic carbocycles. The van der Waals surface area contributed by atoms with Gasteiger partial charge in [0.25, 0.3) is 5.56 Å². The minimum atomic E-state index is -0.106. The highest BCUT2D eigenvalue weighted by molar-refractivity contribution is 5.81. The van der Waals surface area contributed by atoms with Crippen LogP contribution in [0.1, 0.15) is 13.8 Å². The highest BCUT2D eigenvalue weighted by Crippen LogP contribution is 2.23. The van der Waals surface area contributed by atoms with E-state index in [1.165, 1.54) is 0 Å². The molecule has 24 heavy (non-hydrogen) atoms. The molecule has 0 amide bonds. The van der Waals surface area contributed by atoms with E-state index in [0.717, 1.165) is 22.5 Å². The Hall–Kier alpha value is -3.08. The molecule has 0 bridgehead atoms. The molecule has 2 aromatic heterocycles. The highest BCUT2D eigenvalue weighted by atomic mass is 16.5. The fraction of sp³-hybridized carbons (Fsp3) is 0.158. The normalized spacial score (nSPS) is 11.5. The summed E-state index contributed by atoms with van der Waals surface area (Å²) in [6.45, 7) is 3.99. The lowest BCUT2D eigenvalue weighted by Crippen LogP contribution is -2.09. The number of benzene rings is 2. The van der Waals surface area contributed by atoms with Gasteiger partial charge in [0.05, 0.1) is 22.7 Å². The summed E-state index contributed by atoms with van der Waals surface area (Å²) < 4.78 is 7.43. The van der Waals surface area contributed by atoms with Gasteiger partial charge in [0.1, 0.15) is 11.4 Å². The van der Waals surface area contributed by atoms with Gasteiger partial charge >= 0.3 is 0 Å². The molecule has 5 nitrogen and oxygen atoms in total. The van der Waals surface area contributed by atoms with Crippen LogP contribution in [-0.2, 0) is 0 Å². The zero-order valence-corrected chi connectivity index (χ0v) is 13.5. The smallest absolute Gasteiger partial charge is 0.259 e. The molecule has 2 heterocycles. The Labute approximate surface area is 138 Å². The SMILES string of the molecule is CC(C)Oc1ccc(-c2cc3[nH]c(=O)c4ccccc4n3n2)cc1. The van der Waals surface area contributed by atoms with Crippen molar-refractivity contribution >= 4 is 16.6 Å². The van der Waals surface area contributed by atoms with Gasteiger partial charge in [0.2, 0.25) is 0 Å². The second-order valence-corrected chi connectivity index (χ2v) is 5.99. The van der Waals surface area contributed by atoms with Crippen LogP contribution in [-0.4, -0.2) is 20.7 Å². The van der Waals surface area contributed by atoms with Crippen LogP contribution in [0.25, 0.3) is 27.8 Å². The summed E-state index contributed by atoms with van der Waals surface area (Å²) in [4.78, 5) is 15.1. The molecule has 0 radical (unpaired) electrons. The van der Waals surface area contributed by atoms with Crippen molar-refractivity contribution < 1.29 is 4.74 Å². The Kier molecular flexibility index (Phi) is 3.34. The summed E-state index contributed by atoms with van der Waals surface area (Å²) in [7, 11) is 0. The lowest BCUT2D eigenvalue weighted by molar-refractivity contribution is 0.242. The minimum Gasteiger partial charge on any atom is -0.491 e. The largest absolute Gasteiger partial charge is 0.491 e. The zero-order chi connectivity index (χ0) is 16.7. The topological polar surface area (TPSA) is 59.4 Å². The summed E-state index contributed by atoms with van der Waals surface area (Å²) in [5.74, 6) is 0.830. The number of aromatic amines is 1. The molecule has 0 fully saturated rings. The van der Waals surface area contributed by atoms with Crippen LogP contribution in [0.3, 0.4) is 0 Å². The van der Waals surface area contributed by atoms with Crippen LogP contribution >= 0.6 is 0 Å². The van der Waals surface area contributed by atoms with Gasteiger partial charge in [0.15, 0.2) is 0 Å². The van der Waals surface area contributed by atoms with Gasteiger partial charge in [-0.1, -0.05) is 12.1 Å². The first-order valence-corrected chi connectivity index (χ1v) is 7.90. The van der Waals surface area contributed by atoms with Gasteiger partial charge in [-0.15, -0.1) is 0 Å². The molecule has 2 aromatic carbocycles. The van der Waals surface area contributed by atoms with E-state index in [4.69, 9.17) is 4.74 Å². The van der Waals surface area contributed by atoms with Crippen molar-refractivity contribution in [3.8, 4) is 17.0 Å². The molecule has 0 unspecified atom stereocenters. The van der Waals surface area contributed by atoms with Crippen molar-refractivity contribution in [2.24, 2.45) is 0 Å². The average molecular weight is 319 g/mol. The van der Waals surface area contributed by atoms with Crippen molar-refractivity contribution in [1.82, 2.24) is 14.6 Å². The van der Waals surface area contributed by atoms with E-state index in [1.54, 1.807) is 10.6 Å². The summed E-state index contributed by atoms with van der Waals surface area (Å²) >= 11 is 0. The molecular formula is C19H17N3O2. The van der Waals surface area contributed by atoms with Gasteiger partial charge < -0.3 is 9.72 Å². The predicted octanol–water partition coefficient (Wildman–Crippen LogP) is 3.63. The third-order valence-corrected chi connectivity index (χ3v) is 3.85. The van der Waals surface area contributed by atoms with Crippen LogP contribution < -0.4 is 10.3 Å². The Balaban J connectivity index is 1.83. The van der Waals surface area contributed by atoms with E-state index in [1.807, 2.05) is 62.4 Å². The van der Waals surface area contributed by atoms with Crippen LogP contribution in [0.5, 0.6) is 5.75 Å². The molecular weight excluding hydrogens is 302 g/mol. The van der Waals surface area contributed by atoms with Crippen molar-refractivity contribution in [1.29, 1.82) is 0 Å². The molecule has 0 aliphatic rings. The summed E-state index contributed by atoms with van der Waals surface area (Å²) in [6, 6.07) is 17.1. The summed E-state index contributed by atoms with van der Waals surface area (Å²) in [5.41, 5.74) is 3.14. The number of rotatable bonds is 3. The fourth-order valence-corrected chi connectivity index (χ4v) is 2.81. The first-order valence-electron chi connectivity index (χ1n) is 7.90. The Bertz CT molecular complexity index is 1080. The Morgan fingerprint density at radius 1 is 1.08 bits per heavy atom. The number of ether oxygens (including phenoxy) is 1. The maximum Gasteiger partial charge on any atom is 0.259 e. The number of para-hydroxylation sites is 1. The van der Waals surface area contributed by atoms with E-state index < -0.39 is 0 Å². The number of H-pyrrole nitrogens is 1. The lowest BCUT2D eigenvalue weighted by atomic mass is 10.1. The number of hydrogen-bond acceptors (Lipinski definition) is 3. The maximum atomic E-state index is 12.2. The Morgan fingerprint density at radius 2 is 1.83 bits per heavy atom. The van der Waals surface area contributed by atoms with Crippen molar-refractivity contribution in [2.45, 2.75) is 20.0 Å². The van der Waals surface area contributed by atoms with E-state index in [0.29, 0.717) is 11.0 Å². The third kappa shape index (κ3) is 2.44. The molecule has 4 rings (SSSR count). The maximum absolute atomic E-state index is 12.2. The number of nitrogens with one attached hydrogen (secondary N) is 1. The van der Waals surface area contributed by atoms with E-state index in [9.17, 15) is 4.79 Å². The van der Waals surface area contributed by atoms with Gasteiger partial charge in [-0.2, -0.15) is 5.10 Å². The molecule has 0 aliphatic heterocycles. The second kappa shape index (κ2) is 5.53. The van der Waals surface area contributed by atoms with Crippen LogP contribution in [0.15, 0.2) is 59.4 Å². The van der Waals surface area contributed by atoms with Gasteiger partial charge in [-0.05, 0) is 50.2 Å².